The van der Waals surface area contributed by atoms with E-state index in [1.165, 1.54) is 23.1 Å². The molecule has 0 spiro atoms. The van der Waals surface area contributed by atoms with Gasteiger partial charge in [-0.25, -0.2) is 0 Å². The Balaban J connectivity index is 1.57. The van der Waals surface area contributed by atoms with Crippen LogP contribution in [0.5, 0.6) is 0 Å². The number of likely N-dealkylation sites (tertiary alicyclic amines) is 1. The van der Waals surface area contributed by atoms with Gasteiger partial charge in [-0.1, -0.05) is 23.1 Å². The molecular weight excluding hydrogens is 431 g/mol. The lowest BCUT2D eigenvalue weighted by Gasteiger charge is -2.30. The number of anilines is 1. The first kappa shape index (κ1) is 21.4. The average molecular weight is 449 g/mol. The highest BCUT2D eigenvalue weighted by atomic mass is 32.2. The minimum absolute atomic E-state index is 0.119. The Kier molecular flexibility index (Phi) is 6.31. The van der Waals surface area contributed by atoms with Gasteiger partial charge < -0.3 is 16.0 Å². The number of alkyl halides is 3. The van der Waals surface area contributed by atoms with Crippen molar-refractivity contribution in [1.82, 2.24) is 30.6 Å². The Morgan fingerprint density at radius 1 is 1.48 bits per heavy atom. The maximum Gasteiger partial charge on any atom is 0.432 e. The summed E-state index contributed by atoms with van der Waals surface area (Å²) in [5.41, 5.74) is 4.06. The van der Waals surface area contributed by atoms with Crippen molar-refractivity contribution in [2.45, 2.75) is 42.4 Å². The zero-order valence-electron chi connectivity index (χ0n) is 15.2. The van der Waals surface area contributed by atoms with E-state index in [0.29, 0.717) is 28.5 Å². The number of nitrogens with zero attached hydrogens (tertiary/aromatic N) is 4. The van der Waals surface area contributed by atoms with E-state index < -0.39 is 23.8 Å². The number of hydrogen-bond donors (Lipinski definition) is 3. The van der Waals surface area contributed by atoms with Crippen LogP contribution in [0.25, 0.3) is 0 Å². The average Bonchev–Trinajstić information content (AvgIpc) is 3.38. The number of carbonyl (C=O) groups excluding carboxylic acids is 2. The number of H-pyrrole nitrogens is 1. The summed E-state index contributed by atoms with van der Waals surface area (Å²) in [4.78, 5) is 26.5. The van der Waals surface area contributed by atoms with E-state index in [2.05, 4.69) is 20.6 Å². The highest BCUT2D eigenvalue weighted by molar-refractivity contribution is 8.01. The SMILES string of the molecule is CC(NC(=O)c1cc(C(F)(F)F)[nH]n1)[C@@H]1CCCN1C(=O)CSc1nnc(N)s1. The van der Waals surface area contributed by atoms with Crippen molar-refractivity contribution >= 4 is 40.0 Å². The summed E-state index contributed by atoms with van der Waals surface area (Å²) >= 11 is 2.42. The van der Waals surface area contributed by atoms with Gasteiger partial charge in [-0.15, -0.1) is 10.2 Å². The second-order valence-corrected chi connectivity index (χ2v) is 8.65. The summed E-state index contributed by atoms with van der Waals surface area (Å²) < 4.78 is 38.5. The van der Waals surface area contributed by atoms with Crippen LogP contribution in [0.1, 0.15) is 35.9 Å². The molecule has 0 aromatic carbocycles. The van der Waals surface area contributed by atoms with Crippen molar-refractivity contribution in [2.75, 3.05) is 18.0 Å². The topological polar surface area (TPSA) is 130 Å². The molecule has 0 saturated carbocycles. The van der Waals surface area contributed by atoms with Gasteiger partial charge in [0.25, 0.3) is 5.91 Å². The fourth-order valence-electron chi connectivity index (χ4n) is 3.07. The lowest BCUT2D eigenvalue weighted by molar-refractivity contribution is -0.141. The van der Waals surface area contributed by atoms with Crippen LogP contribution >= 0.6 is 23.1 Å². The molecule has 1 unspecified atom stereocenters. The highest BCUT2D eigenvalue weighted by Gasteiger charge is 2.36. The predicted octanol–water partition coefficient (Wildman–Crippen LogP) is 1.76. The molecule has 29 heavy (non-hydrogen) atoms. The molecule has 1 fully saturated rings. The summed E-state index contributed by atoms with van der Waals surface area (Å²) in [5, 5.41) is 15.7. The number of nitrogen functional groups attached to an aromatic ring is 1. The maximum absolute atomic E-state index is 12.6. The molecule has 2 amide bonds. The monoisotopic (exact) mass is 449 g/mol. The lowest BCUT2D eigenvalue weighted by atomic mass is 10.1. The minimum atomic E-state index is -4.61. The number of aromatic amines is 1. The van der Waals surface area contributed by atoms with Crippen LogP contribution in [0.4, 0.5) is 18.3 Å². The van der Waals surface area contributed by atoms with E-state index in [0.717, 1.165) is 6.42 Å². The van der Waals surface area contributed by atoms with Crippen molar-refractivity contribution < 1.29 is 22.8 Å². The Bertz CT molecular complexity index is 885. The van der Waals surface area contributed by atoms with Crippen molar-refractivity contribution in [3.8, 4) is 0 Å². The molecule has 14 heteroatoms. The van der Waals surface area contributed by atoms with E-state index in [1.807, 2.05) is 5.10 Å². The zero-order valence-corrected chi connectivity index (χ0v) is 16.8. The van der Waals surface area contributed by atoms with Gasteiger partial charge in [-0.2, -0.15) is 18.3 Å². The largest absolute Gasteiger partial charge is 0.432 e. The summed E-state index contributed by atoms with van der Waals surface area (Å²) in [6, 6.07) is -0.0564. The summed E-state index contributed by atoms with van der Waals surface area (Å²) in [6.07, 6.45) is -3.16. The molecule has 9 nitrogen and oxygen atoms in total. The lowest BCUT2D eigenvalue weighted by Crippen LogP contribution is -2.49. The summed E-state index contributed by atoms with van der Waals surface area (Å²) in [5.74, 6) is -0.700. The molecular formula is C15H18F3N7O2S2. The van der Waals surface area contributed by atoms with Crippen LogP contribution in [0.15, 0.2) is 10.4 Å². The van der Waals surface area contributed by atoms with Crippen LogP contribution in [0.2, 0.25) is 0 Å². The van der Waals surface area contributed by atoms with Crippen molar-refractivity contribution in [1.29, 1.82) is 0 Å². The number of thioether (sulfide) groups is 1. The van der Waals surface area contributed by atoms with Gasteiger partial charge >= 0.3 is 6.18 Å². The van der Waals surface area contributed by atoms with Crippen LogP contribution in [0, 0.1) is 0 Å². The molecule has 2 atom stereocenters. The molecule has 3 heterocycles. The maximum atomic E-state index is 12.6. The molecule has 1 aliphatic rings. The molecule has 158 valence electrons. The van der Waals surface area contributed by atoms with Crippen LogP contribution in [-0.4, -0.2) is 61.5 Å². The smallest absolute Gasteiger partial charge is 0.374 e. The van der Waals surface area contributed by atoms with Crippen molar-refractivity contribution in [3.05, 3.63) is 17.5 Å². The number of aromatic nitrogens is 4. The summed E-state index contributed by atoms with van der Waals surface area (Å²) in [7, 11) is 0. The molecule has 4 N–H and O–H groups in total. The zero-order chi connectivity index (χ0) is 21.2. The van der Waals surface area contributed by atoms with Crippen LogP contribution < -0.4 is 11.1 Å². The third kappa shape index (κ3) is 5.18. The highest BCUT2D eigenvalue weighted by Crippen LogP contribution is 2.28. The summed E-state index contributed by atoms with van der Waals surface area (Å²) in [6.45, 7) is 2.26. The van der Waals surface area contributed by atoms with Gasteiger partial charge in [0.2, 0.25) is 11.0 Å². The molecule has 3 rings (SSSR count). The number of halogens is 3. The first-order valence-corrected chi connectivity index (χ1v) is 10.4. The molecule has 1 saturated heterocycles. The number of nitrogens with two attached hydrogens (primary N) is 1. The molecule has 2 aromatic heterocycles. The molecule has 2 aromatic rings. The number of nitrogens with one attached hydrogen (secondary N) is 2. The minimum Gasteiger partial charge on any atom is -0.374 e. The molecule has 0 radical (unpaired) electrons. The van der Waals surface area contributed by atoms with Crippen molar-refractivity contribution in [3.63, 3.8) is 0 Å². The Morgan fingerprint density at radius 3 is 2.86 bits per heavy atom. The van der Waals surface area contributed by atoms with Gasteiger partial charge in [0, 0.05) is 18.7 Å². The quantitative estimate of drug-likeness (QED) is 0.573. The van der Waals surface area contributed by atoms with Gasteiger partial charge in [0.15, 0.2) is 10.0 Å². The van der Waals surface area contributed by atoms with Gasteiger partial charge in [-0.05, 0) is 19.8 Å². The first-order chi connectivity index (χ1) is 13.6. The van der Waals surface area contributed by atoms with Crippen LogP contribution in [-0.2, 0) is 11.0 Å². The predicted molar refractivity (Wildman–Crippen MR) is 100 cm³/mol. The van der Waals surface area contributed by atoms with E-state index in [1.54, 1.807) is 11.8 Å². The van der Waals surface area contributed by atoms with Crippen molar-refractivity contribution in [2.24, 2.45) is 0 Å². The fraction of sp³-hybridized carbons (Fsp3) is 0.533. The first-order valence-electron chi connectivity index (χ1n) is 8.60. The second kappa shape index (κ2) is 8.57. The van der Waals surface area contributed by atoms with E-state index in [-0.39, 0.29) is 23.4 Å². The standard InChI is InChI=1S/C15H18F3N7O2S2/c1-7(20-12(27)8-5-10(22-21-8)15(16,17)18)9-3-2-4-25(9)11(26)6-28-14-24-23-13(19)29-14/h5,7,9H,2-4,6H2,1H3,(H2,19,23)(H,20,27)(H,21,22)/t7?,9-/m0/s1. The van der Waals surface area contributed by atoms with Gasteiger partial charge in [0.05, 0.1) is 11.8 Å². The molecule has 0 aliphatic carbocycles. The molecule has 1 aliphatic heterocycles. The number of carbonyl (C=O) groups is 2. The molecule has 0 bridgehead atoms. The van der Waals surface area contributed by atoms with Gasteiger partial charge in [-0.3, -0.25) is 14.7 Å². The van der Waals surface area contributed by atoms with E-state index in [4.69, 9.17) is 5.73 Å². The van der Waals surface area contributed by atoms with Gasteiger partial charge in [0.1, 0.15) is 5.69 Å². The van der Waals surface area contributed by atoms with E-state index >= 15 is 0 Å². The Labute approximate surface area is 171 Å². The number of amides is 2. The van der Waals surface area contributed by atoms with Crippen LogP contribution in [0.3, 0.4) is 0 Å². The third-order valence-corrected chi connectivity index (χ3v) is 6.28. The Morgan fingerprint density at radius 2 is 2.24 bits per heavy atom. The second-order valence-electron chi connectivity index (χ2n) is 6.42. The number of hydrogen-bond acceptors (Lipinski definition) is 8. The normalized spacial score (nSPS) is 18.1. The Hall–Kier alpha value is -2.35. The number of rotatable bonds is 6. The van der Waals surface area contributed by atoms with E-state index in [9.17, 15) is 22.8 Å². The third-order valence-electron chi connectivity index (χ3n) is 4.41. The fourth-order valence-corrected chi connectivity index (χ4v) is 4.59.